The van der Waals surface area contributed by atoms with Crippen molar-refractivity contribution < 1.29 is 18.5 Å². The second kappa shape index (κ2) is 9.23. The maximum Gasteiger partial charge on any atom is 0.273 e. The van der Waals surface area contributed by atoms with E-state index in [1.54, 1.807) is 31.6 Å². The smallest absolute Gasteiger partial charge is 0.273 e. The molecule has 2 aromatic heterocycles. The molecule has 1 unspecified atom stereocenters. The van der Waals surface area contributed by atoms with E-state index in [0.717, 1.165) is 24.4 Å². The molecule has 0 aliphatic carbocycles. The van der Waals surface area contributed by atoms with Crippen molar-refractivity contribution in [2.45, 2.75) is 19.9 Å². The molecule has 0 spiro atoms. The van der Waals surface area contributed by atoms with Gasteiger partial charge in [-0.15, -0.1) is 0 Å². The fraction of sp³-hybridized carbons (Fsp3) is 0.333. The van der Waals surface area contributed by atoms with E-state index < -0.39 is 0 Å². The topological polar surface area (TPSA) is 80.7 Å². The molecule has 1 N–H and O–H groups in total. The number of rotatable bonds is 9. The van der Waals surface area contributed by atoms with Crippen LogP contribution in [0.1, 0.15) is 35.9 Å². The van der Waals surface area contributed by atoms with Gasteiger partial charge >= 0.3 is 0 Å². The number of hydrogen-bond acceptors (Lipinski definition) is 6. The molecule has 0 aliphatic heterocycles. The fourth-order valence-electron chi connectivity index (χ4n) is 3.15. The molecule has 0 saturated carbocycles. The van der Waals surface area contributed by atoms with E-state index in [-0.39, 0.29) is 17.6 Å². The number of ether oxygens (including phenoxy) is 1. The van der Waals surface area contributed by atoms with Gasteiger partial charge in [0.1, 0.15) is 5.75 Å². The molecule has 7 nitrogen and oxygen atoms in total. The minimum atomic E-state index is -0.285. The highest BCUT2D eigenvalue weighted by Crippen LogP contribution is 2.23. The van der Waals surface area contributed by atoms with Crippen LogP contribution in [0.4, 0.5) is 0 Å². The number of nitrogens with one attached hydrogen (secondary N) is 1. The maximum atomic E-state index is 12.6. The van der Waals surface area contributed by atoms with Gasteiger partial charge in [-0.3, -0.25) is 9.69 Å². The van der Waals surface area contributed by atoms with Crippen LogP contribution in [0.15, 0.2) is 57.7 Å². The lowest BCUT2D eigenvalue weighted by atomic mass is 10.0. The second-order valence-electron chi connectivity index (χ2n) is 6.27. The average molecular weight is 383 g/mol. The van der Waals surface area contributed by atoms with Crippen molar-refractivity contribution in [2.75, 3.05) is 26.7 Å². The summed E-state index contributed by atoms with van der Waals surface area (Å²) < 4.78 is 15.7. The summed E-state index contributed by atoms with van der Waals surface area (Å²) in [5, 5.41) is 6.82. The van der Waals surface area contributed by atoms with Crippen molar-refractivity contribution in [2.24, 2.45) is 0 Å². The number of carbonyl (C=O) groups excluding carboxylic acids is 1. The van der Waals surface area contributed by atoms with Gasteiger partial charge in [0.15, 0.2) is 11.5 Å². The first-order valence-corrected chi connectivity index (χ1v) is 9.33. The summed E-state index contributed by atoms with van der Waals surface area (Å²) in [5.41, 5.74) is 1.33. The quantitative estimate of drug-likeness (QED) is 0.606. The van der Waals surface area contributed by atoms with E-state index in [4.69, 9.17) is 13.7 Å². The van der Waals surface area contributed by atoms with Crippen molar-refractivity contribution >= 4 is 5.91 Å². The zero-order valence-corrected chi connectivity index (χ0v) is 16.3. The standard InChI is InChI=1S/C21H25N3O4/c1-4-24(5-2)18(15-8-10-16(26-3)11-9-15)14-22-21(25)17-13-20(28-23-17)19-7-6-12-27-19/h6-13,18H,4-5,14H2,1-3H3,(H,22,25). The van der Waals surface area contributed by atoms with Crippen molar-refractivity contribution in [3.8, 4) is 17.3 Å². The van der Waals surface area contributed by atoms with Crippen molar-refractivity contribution in [1.29, 1.82) is 0 Å². The summed E-state index contributed by atoms with van der Waals surface area (Å²) in [7, 11) is 1.64. The average Bonchev–Trinajstić information content (AvgIpc) is 3.43. The molecule has 0 bridgehead atoms. The van der Waals surface area contributed by atoms with Crippen LogP contribution >= 0.6 is 0 Å². The largest absolute Gasteiger partial charge is 0.497 e. The Morgan fingerprint density at radius 2 is 1.93 bits per heavy atom. The minimum absolute atomic E-state index is 0.0429. The Morgan fingerprint density at radius 3 is 2.54 bits per heavy atom. The minimum Gasteiger partial charge on any atom is -0.497 e. The van der Waals surface area contributed by atoms with Crippen molar-refractivity contribution in [1.82, 2.24) is 15.4 Å². The molecule has 3 aromatic rings. The van der Waals surface area contributed by atoms with Crippen LogP contribution in [0.3, 0.4) is 0 Å². The summed E-state index contributed by atoms with van der Waals surface area (Å²) >= 11 is 0. The van der Waals surface area contributed by atoms with E-state index in [2.05, 4.69) is 29.2 Å². The van der Waals surface area contributed by atoms with Gasteiger partial charge in [-0.1, -0.05) is 31.1 Å². The summed E-state index contributed by atoms with van der Waals surface area (Å²) in [6.45, 7) is 6.41. The maximum absolute atomic E-state index is 12.6. The Morgan fingerprint density at radius 1 is 1.18 bits per heavy atom. The number of likely N-dealkylation sites (N-methyl/N-ethyl adjacent to an activating group) is 1. The van der Waals surface area contributed by atoms with E-state index in [9.17, 15) is 4.79 Å². The highest BCUT2D eigenvalue weighted by atomic mass is 16.5. The van der Waals surface area contributed by atoms with Crippen LogP contribution in [0.5, 0.6) is 5.75 Å². The van der Waals surface area contributed by atoms with Crippen LogP contribution in [-0.4, -0.2) is 42.7 Å². The van der Waals surface area contributed by atoms with Gasteiger partial charge in [0.05, 0.1) is 19.4 Å². The molecule has 148 valence electrons. The first kappa shape index (κ1) is 19.7. The number of aromatic nitrogens is 1. The molecule has 1 atom stereocenters. The summed E-state index contributed by atoms with van der Waals surface area (Å²) in [5.74, 6) is 1.47. The molecule has 0 fully saturated rings. The molecule has 1 aromatic carbocycles. The summed E-state index contributed by atoms with van der Waals surface area (Å²) in [4.78, 5) is 14.9. The van der Waals surface area contributed by atoms with Gasteiger partial charge in [0.2, 0.25) is 5.76 Å². The van der Waals surface area contributed by atoms with Crippen LogP contribution in [-0.2, 0) is 0 Å². The third-order valence-electron chi connectivity index (χ3n) is 4.72. The number of nitrogens with zero attached hydrogens (tertiary/aromatic N) is 2. The van der Waals surface area contributed by atoms with E-state index in [1.165, 1.54) is 0 Å². The lowest BCUT2D eigenvalue weighted by Gasteiger charge is -2.30. The number of carbonyl (C=O) groups is 1. The lowest BCUT2D eigenvalue weighted by molar-refractivity contribution is 0.0926. The molecule has 0 saturated heterocycles. The predicted octanol–water partition coefficient (Wildman–Crippen LogP) is 3.76. The number of methoxy groups -OCH3 is 1. The number of benzene rings is 1. The summed E-state index contributed by atoms with van der Waals surface area (Å²) in [6.07, 6.45) is 1.54. The predicted molar refractivity (Wildman–Crippen MR) is 105 cm³/mol. The van der Waals surface area contributed by atoms with Gasteiger partial charge in [-0.2, -0.15) is 0 Å². The third kappa shape index (κ3) is 4.43. The zero-order chi connectivity index (χ0) is 19.9. The molecule has 7 heteroatoms. The van der Waals surface area contributed by atoms with E-state index >= 15 is 0 Å². The normalized spacial score (nSPS) is 12.1. The lowest BCUT2D eigenvalue weighted by Crippen LogP contribution is -2.38. The Kier molecular flexibility index (Phi) is 6.49. The third-order valence-corrected chi connectivity index (χ3v) is 4.72. The monoisotopic (exact) mass is 383 g/mol. The zero-order valence-electron chi connectivity index (χ0n) is 16.3. The Hall–Kier alpha value is -3.06. The Balaban J connectivity index is 1.71. The van der Waals surface area contributed by atoms with Gasteiger partial charge in [-0.05, 0) is 42.9 Å². The molecule has 0 radical (unpaired) electrons. The van der Waals surface area contributed by atoms with Gasteiger partial charge in [-0.25, -0.2) is 0 Å². The second-order valence-corrected chi connectivity index (χ2v) is 6.27. The molecule has 0 aliphatic rings. The first-order chi connectivity index (χ1) is 13.7. The van der Waals surface area contributed by atoms with Crippen LogP contribution < -0.4 is 10.1 Å². The Labute approximate surface area is 164 Å². The van der Waals surface area contributed by atoms with Gasteiger partial charge < -0.3 is 19.0 Å². The van der Waals surface area contributed by atoms with E-state index in [1.807, 2.05) is 24.3 Å². The van der Waals surface area contributed by atoms with Gasteiger partial charge in [0, 0.05) is 12.6 Å². The highest BCUT2D eigenvalue weighted by Gasteiger charge is 2.21. The number of amides is 1. The molecular formula is C21H25N3O4. The highest BCUT2D eigenvalue weighted by molar-refractivity contribution is 5.92. The molecule has 1 amide bonds. The summed E-state index contributed by atoms with van der Waals surface area (Å²) in [6, 6.07) is 13.0. The van der Waals surface area contributed by atoms with Crippen LogP contribution in [0.2, 0.25) is 0 Å². The first-order valence-electron chi connectivity index (χ1n) is 9.33. The molecule has 3 rings (SSSR count). The van der Waals surface area contributed by atoms with E-state index in [0.29, 0.717) is 18.1 Å². The van der Waals surface area contributed by atoms with Crippen LogP contribution in [0.25, 0.3) is 11.5 Å². The molecule has 2 heterocycles. The Bertz CT molecular complexity index is 867. The van der Waals surface area contributed by atoms with Crippen molar-refractivity contribution in [3.05, 3.63) is 60.0 Å². The molecular weight excluding hydrogens is 358 g/mol. The fourth-order valence-corrected chi connectivity index (χ4v) is 3.15. The van der Waals surface area contributed by atoms with Crippen LogP contribution in [0, 0.1) is 0 Å². The van der Waals surface area contributed by atoms with Crippen molar-refractivity contribution in [3.63, 3.8) is 0 Å². The van der Waals surface area contributed by atoms with Gasteiger partial charge in [0.25, 0.3) is 5.91 Å². The number of furan rings is 1. The number of hydrogen-bond donors (Lipinski definition) is 1. The molecule has 28 heavy (non-hydrogen) atoms. The SMILES string of the molecule is CCN(CC)C(CNC(=O)c1cc(-c2ccco2)on1)c1ccc(OC)cc1.